The van der Waals surface area contributed by atoms with Crippen molar-refractivity contribution in [3.63, 3.8) is 0 Å². The number of fused-ring (bicyclic) bond motifs is 3. The molecule has 8 nitrogen and oxygen atoms in total. The first-order valence-corrected chi connectivity index (χ1v) is 11.9. The summed E-state index contributed by atoms with van der Waals surface area (Å²) >= 11 is 2.49. The van der Waals surface area contributed by atoms with E-state index in [9.17, 15) is 13.2 Å². The summed E-state index contributed by atoms with van der Waals surface area (Å²) < 4.78 is 27.8. The molecule has 28 heavy (non-hydrogen) atoms. The number of esters is 1. The zero-order valence-corrected chi connectivity index (χ0v) is 17.3. The van der Waals surface area contributed by atoms with E-state index in [1.807, 2.05) is 0 Å². The predicted octanol–water partition coefficient (Wildman–Crippen LogP) is 2.61. The van der Waals surface area contributed by atoms with Gasteiger partial charge in [0, 0.05) is 10.3 Å². The highest BCUT2D eigenvalue weighted by molar-refractivity contribution is 7.91. The van der Waals surface area contributed by atoms with Crippen LogP contribution in [0.5, 0.6) is 0 Å². The van der Waals surface area contributed by atoms with E-state index in [-0.39, 0.29) is 16.4 Å². The summed E-state index contributed by atoms with van der Waals surface area (Å²) in [6.07, 6.45) is 5.54. The lowest BCUT2D eigenvalue weighted by Crippen LogP contribution is -2.11. The third kappa shape index (κ3) is 3.75. The normalized spacial score (nSPS) is 14.6. The molecule has 0 fully saturated rings. The molecule has 11 heteroatoms. The molecule has 0 radical (unpaired) electrons. The predicted molar refractivity (Wildman–Crippen MR) is 108 cm³/mol. The summed E-state index contributed by atoms with van der Waals surface area (Å²) in [6.45, 7) is -0.151. The number of carbonyl (C=O) groups excluding carboxylic acids is 1. The highest BCUT2D eigenvalue weighted by Crippen LogP contribution is 2.37. The number of hydrogen-bond acceptors (Lipinski definition) is 9. The molecule has 148 valence electrons. The number of anilines is 1. The van der Waals surface area contributed by atoms with E-state index < -0.39 is 16.0 Å². The maximum Gasteiger partial charge on any atom is 0.339 e. The van der Waals surface area contributed by atoms with E-state index in [1.165, 1.54) is 34.7 Å². The number of nitrogens with zero attached hydrogens (tertiary/aromatic N) is 2. The van der Waals surface area contributed by atoms with Gasteiger partial charge < -0.3 is 10.5 Å². The van der Waals surface area contributed by atoms with Crippen LogP contribution in [0.3, 0.4) is 0 Å². The summed E-state index contributed by atoms with van der Waals surface area (Å²) in [7, 11) is -3.85. The minimum Gasteiger partial charge on any atom is -0.454 e. The van der Waals surface area contributed by atoms with Gasteiger partial charge in [-0.25, -0.2) is 28.3 Å². The SMILES string of the molecule is Nc1nc(COC(=O)c2csc(S(N)(=O)=O)c2)nc2sc3c(c12)CCCCC3. The number of primary sulfonamides is 1. The Morgan fingerprint density at radius 1 is 1.21 bits per heavy atom. The Bertz CT molecular complexity index is 1170. The van der Waals surface area contributed by atoms with Crippen molar-refractivity contribution in [3.05, 3.63) is 33.3 Å². The quantitative estimate of drug-likeness (QED) is 0.471. The third-order valence-electron chi connectivity index (χ3n) is 4.56. The molecule has 0 aromatic carbocycles. The van der Waals surface area contributed by atoms with Crippen LogP contribution in [0.4, 0.5) is 5.82 Å². The molecule has 0 amide bonds. The van der Waals surface area contributed by atoms with Crippen LogP contribution < -0.4 is 10.9 Å². The summed E-state index contributed by atoms with van der Waals surface area (Å²) in [5.74, 6) is 0.0505. The van der Waals surface area contributed by atoms with E-state index in [4.69, 9.17) is 15.6 Å². The van der Waals surface area contributed by atoms with Crippen molar-refractivity contribution < 1.29 is 17.9 Å². The van der Waals surface area contributed by atoms with Crippen LogP contribution in [-0.2, 0) is 34.2 Å². The maximum absolute atomic E-state index is 12.2. The van der Waals surface area contributed by atoms with Crippen molar-refractivity contribution in [1.29, 1.82) is 0 Å². The molecule has 0 saturated carbocycles. The first-order valence-electron chi connectivity index (χ1n) is 8.68. The van der Waals surface area contributed by atoms with Gasteiger partial charge in [0.2, 0.25) is 10.0 Å². The molecule has 3 aromatic heterocycles. The van der Waals surface area contributed by atoms with Gasteiger partial charge in [-0.3, -0.25) is 0 Å². The molecule has 3 heterocycles. The second kappa shape index (κ2) is 7.39. The first-order chi connectivity index (χ1) is 13.3. The number of aromatic nitrogens is 2. The van der Waals surface area contributed by atoms with E-state index in [0.29, 0.717) is 11.6 Å². The highest BCUT2D eigenvalue weighted by Gasteiger charge is 2.20. The lowest BCUT2D eigenvalue weighted by Gasteiger charge is -2.05. The van der Waals surface area contributed by atoms with Crippen LogP contribution in [0.1, 0.15) is 45.9 Å². The molecule has 1 aliphatic rings. The maximum atomic E-state index is 12.2. The summed E-state index contributed by atoms with van der Waals surface area (Å²) in [6, 6.07) is 1.19. The molecule has 3 aromatic rings. The fourth-order valence-electron chi connectivity index (χ4n) is 3.26. The number of hydrogen-bond donors (Lipinski definition) is 2. The van der Waals surface area contributed by atoms with Gasteiger partial charge in [-0.2, -0.15) is 0 Å². The molecule has 0 spiro atoms. The minimum absolute atomic E-state index is 0.0959. The Balaban J connectivity index is 1.54. The summed E-state index contributed by atoms with van der Waals surface area (Å²) in [5, 5.41) is 7.36. The zero-order valence-electron chi connectivity index (χ0n) is 14.8. The van der Waals surface area contributed by atoms with Gasteiger partial charge in [0.05, 0.1) is 10.9 Å². The third-order valence-corrected chi connectivity index (χ3v) is 8.13. The number of carbonyl (C=O) groups is 1. The van der Waals surface area contributed by atoms with Gasteiger partial charge in [-0.1, -0.05) is 6.42 Å². The highest BCUT2D eigenvalue weighted by atomic mass is 32.2. The molecule has 4 rings (SSSR count). The minimum atomic E-state index is -3.85. The van der Waals surface area contributed by atoms with Crippen molar-refractivity contribution in [2.75, 3.05) is 5.73 Å². The number of nitrogen functional groups attached to an aromatic ring is 1. The number of ether oxygens (including phenoxy) is 1. The van der Waals surface area contributed by atoms with Crippen molar-refractivity contribution in [2.24, 2.45) is 5.14 Å². The molecule has 0 saturated heterocycles. The Morgan fingerprint density at radius 2 is 2.00 bits per heavy atom. The lowest BCUT2D eigenvalue weighted by atomic mass is 10.1. The van der Waals surface area contributed by atoms with Crippen molar-refractivity contribution in [3.8, 4) is 0 Å². The van der Waals surface area contributed by atoms with Gasteiger partial charge in [0.1, 0.15) is 14.9 Å². The molecule has 0 aliphatic heterocycles. The second-order valence-corrected chi connectivity index (χ2v) is 10.3. The smallest absolute Gasteiger partial charge is 0.339 e. The lowest BCUT2D eigenvalue weighted by molar-refractivity contribution is 0.0463. The van der Waals surface area contributed by atoms with Crippen LogP contribution in [0.25, 0.3) is 10.2 Å². The Hall–Kier alpha value is -2.08. The summed E-state index contributed by atoms with van der Waals surface area (Å²) in [5.41, 5.74) is 7.55. The zero-order chi connectivity index (χ0) is 19.9. The van der Waals surface area contributed by atoms with Crippen LogP contribution in [-0.4, -0.2) is 24.4 Å². The fourth-order valence-corrected chi connectivity index (χ4v) is 6.12. The van der Waals surface area contributed by atoms with Gasteiger partial charge in [-0.05, 0) is 37.3 Å². The second-order valence-electron chi connectivity index (χ2n) is 6.55. The molecule has 0 bridgehead atoms. The van der Waals surface area contributed by atoms with Crippen LogP contribution in [0, 0.1) is 0 Å². The summed E-state index contributed by atoms with van der Waals surface area (Å²) in [4.78, 5) is 23.1. The average molecular weight is 439 g/mol. The number of nitrogens with two attached hydrogens (primary N) is 2. The number of rotatable bonds is 4. The Morgan fingerprint density at radius 3 is 2.75 bits per heavy atom. The number of aryl methyl sites for hydroxylation is 2. The molecule has 1 aliphatic carbocycles. The monoisotopic (exact) mass is 438 g/mol. The van der Waals surface area contributed by atoms with Crippen LogP contribution in [0.15, 0.2) is 15.7 Å². The van der Waals surface area contributed by atoms with Crippen molar-refractivity contribution in [2.45, 2.75) is 42.9 Å². The fraction of sp³-hybridized carbons (Fsp3) is 0.353. The van der Waals surface area contributed by atoms with Gasteiger partial charge in [-0.15, -0.1) is 22.7 Å². The first kappa shape index (κ1) is 19.2. The van der Waals surface area contributed by atoms with E-state index in [0.717, 1.165) is 40.8 Å². The van der Waals surface area contributed by atoms with E-state index in [1.54, 1.807) is 11.3 Å². The largest absolute Gasteiger partial charge is 0.454 e. The van der Waals surface area contributed by atoms with Gasteiger partial charge in [0.15, 0.2) is 12.4 Å². The van der Waals surface area contributed by atoms with Crippen molar-refractivity contribution >= 4 is 54.7 Å². The Kier molecular flexibility index (Phi) is 5.08. The molecule has 4 N–H and O–H groups in total. The van der Waals surface area contributed by atoms with Crippen LogP contribution >= 0.6 is 22.7 Å². The topological polar surface area (TPSA) is 138 Å². The average Bonchev–Trinajstić information content (AvgIpc) is 3.20. The van der Waals surface area contributed by atoms with Gasteiger partial charge in [0.25, 0.3) is 0 Å². The number of sulfonamides is 1. The molecule has 0 atom stereocenters. The van der Waals surface area contributed by atoms with E-state index in [2.05, 4.69) is 9.97 Å². The number of thiophene rings is 2. The molecule has 0 unspecified atom stereocenters. The standard InChI is InChI=1S/C17H18N4O4S3/c18-15-14-10-4-2-1-3-5-11(10)27-16(14)21-12(20-15)7-25-17(22)9-6-13(26-8-9)28(19,23)24/h6,8H,1-5,7H2,(H2,18,20,21)(H2,19,23,24). The molecular weight excluding hydrogens is 420 g/mol. The van der Waals surface area contributed by atoms with E-state index >= 15 is 0 Å². The van der Waals surface area contributed by atoms with Gasteiger partial charge >= 0.3 is 5.97 Å². The Labute approximate surface area is 169 Å². The van der Waals surface area contributed by atoms with Crippen LogP contribution in [0.2, 0.25) is 0 Å². The van der Waals surface area contributed by atoms with Crippen molar-refractivity contribution in [1.82, 2.24) is 9.97 Å². The molecular formula is C17H18N4O4S3.